The smallest absolute Gasteiger partial charge is 0.338 e. The van der Waals surface area contributed by atoms with Crippen molar-refractivity contribution in [3.8, 4) is 11.5 Å². The number of carbonyl (C=O) groups excluding carboxylic acids is 3. The molecule has 0 bridgehead atoms. The molecular formula is C20H20N2O6. The van der Waals surface area contributed by atoms with E-state index in [4.69, 9.17) is 14.2 Å². The molecule has 1 aliphatic rings. The van der Waals surface area contributed by atoms with Crippen LogP contribution in [0.4, 0.5) is 5.69 Å². The molecule has 0 saturated carbocycles. The lowest BCUT2D eigenvalue weighted by molar-refractivity contribution is -0.123. The van der Waals surface area contributed by atoms with Gasteiger partial charge in [-0.1, -0.05) is 12.1 Å². The summed E-state index contributed by atoms with van der Waals surface area (Å²) in [5.74, 6) is -0.0547. The average Bonchev–Trinajstić information content (AvgIpc) is 3.14. The Morgan fingerprint density at radius 1 is 1.07 bits per heavy atom. The highest BCUT2D eigenvalue weighted by molar-refractivity contribution is 5.97. The lowest BCUT2D eigenvalue weighted by atomic mass is 10.1. The van der Waals surface area contributed by atoms with Crippen molar-refractivity contribution in [2.45, 2.75) is 26.5 Å². The van der Waals surface area contributed by atoms with E-state index in [1.165, 1.54) is 13.8 Å². The highest BCUT2D eigenvalue weighted by Gasteiger charge is 2.20. The summed E-state index contributed by atoms with van der Waals surface area (Å²) in [6, 6.07) is 11.6. The van der Waals surface area contributed by atoms with Crippen LogP contribution in [0.2, 0.25) is 0 Å². The zero-order valence-corrected chi connectivity index (χ0v) is 15.5. The number of rotatable bonds is 6. The predicted molar refractivity (Wildman–Crippen MR) is 100 cm³/mol. The largest absolute Gasteiger partial charge is 0.454 e. The van der Waals surface area contributed by atoms with Crippen LogP contribution < -0.4 is 20.1 Å². The maximum Gasteiger partial charge on any atom is 0.338 e. The van der Waals surface area contributed by atoms with Gasteiger partial charge >= 0.3 is 5.97 Å². The number of ether oxygens (including phenoxy) is 3. The van der Waals surface area contributed by atoms with Crippen molar-refractivity contribution in [1.29, 1.82) is 0 Å². The minimum atomic E-state index is -0.989. The Hall–Kier alpha value is -3.55. The van der Waals surface area contributed by atoms with Crippen molar-refractivity contribution in [3.63, 3.8) is 0 Å². The van der Waals surface area contributed by atoms with Gasteiger partial charge in [-0.3, -0.25) is 9.59 Å². The molecule has 0 fully saturated rings. The summed E-state index contributed by atoms with van der Waals surface area (Å²) in [4.78, 5) is 35.4. The number of carbonyl (C=O) groups is 3. The Bertz CT molecular complexity index is 894. The van der Waals surface area contributed by atoms with Gasteiger partial charge in [0, 0.05) is 25.2 Å². The summed E-state index contributed by atoms with van der Waals surface area (Å²) in [5, 5.41) is 5.34. The summed E-state index contributed by atoms with van der Waals surface area (Å²) in [6.07, 6.45) is -0.989. The number of nitrogens with one attached hydrogen (secondary N) is 2. The van der Waals surface area contributed by atoms with Gasteiger partial charge in [-0.25, -0.2) is 4.79 Å². The van der Waals surface area contributed by atoms with Gasteiger partial charge in [0.1, 0.15) is 0 Å². The third kappa shape index (κ3) is 4.79. The van der Waals surface area contributed by atoms with E-state index >= 15 is 0 Å². The van der Waals surface area contributed by atoms with Crippen LogP contribution in [0.15, 0.2) is 42.5 Å². The Kier molecular flexibility index (Phi) is 5.78. The molecule has 8 heteroatoms. The lowest BCUT2D eigenvalue weighted by Gasteiger charge is -2.14. The fourth-order valence-corrected chi connectivity index (χ4v) is 2.49. The zero-order valence-electron chi connectivity index (χ0n) is 15.5. The molecule has 2 aromatic rings. The second kappa shape index (κ2) is 8.43. The fourth-order valence-electron chi connectivity index (χ4n) is 2.49. The Morgan fingerprint density at radius 2 is 1.79 bits per heavy atom. The first-order valence-electron chi connectivity index (χ1n) is 8.67. The van der Waals surface area contributed by atoms with E-state index in [1.54, 1.807) is 42.5 Å². The number of hydrogen-bond donors (Lipinski definition) is 2. The normalized spacial score (nSPS) is 12.8. The molecule has 0 saturated heterocycles. The molecule has 0 spiro atoms. The fraction of sp³-hybridized carbons (Fsp3) is 0.250. The van der Waals surface area contributed by atoms with Crippen LogP contribution >= 0.6 is 0 Å². The van der Waals surface area contributed by atoms with Crippen LogP contribution in [-0.2, 0) is 20.9 Å². The van der Waals surface area contributed by atoms with Gasteiger partial charge in [0.05, 0.1) is 5.56 Å². The van der Waals surface area contributed by atoms with Crippen molar-refractivity contribution in [2.24, 2.45) is 0 Å². The first kappa shape index (κ1) is 19.2. The summed E-state index contributed by atoms with van der Waals surface area (Å²) in [5.41, 5.74) is 1.68. The molecule has 1 unspecified atom stereocenters. The van der Waals surface area contributed by atoms with Gasteiger partial charge < -0.3 is 24.8 Å². The third-order valence-electron chi connectivity index (χ3n) is 4.02. The molecule has 2 amide bonds. The Morgan fingerprint density at radius 3 is 2.50 bits per heavy atom. The van der Waals surface area contributed by atoms with E-state index in [2.05, 4.69) is 10.6 Å². The number of amides is 2. The van der Waals surface area contributed by atoms with Gasteiger partial charge in [0.25, 0.3) is 5.91 Å². The summed E-state index contributed by atoms with van der Waals surface area (Å²) in [6.45, 7) is 3.44. The summed E-state index contributed by atoms with van der Waals surface area (Å²) < 4.78 is 15.7. The molecule has 1 heterocycles. The van der Waals surface area contributed by atoms with E-state index < -0.39 is 18.0 Å². The molecule has 8 nitrogen and oxygen atoms in total. The van der Waals surface area contributed by atoms with Crippen LogP contribution in [0.3, 0.4) is 0 Å². The van der Waals surface area contributed by atoms with Gasteiger partial charge in [0.15, 0.2) is 17.6 Å². The highest BCUT2D eigenvalue weighted by atomic mass is 16.7. The van der Waals surface area contributed by atoms with Crippen molar-refractivity contribution in [1.82, 2.24) is 5.32 Å². The van der Waals surface area contributed by atoms with E-state index in [0.717, 1.165) is 5.56 Å². The molecule has 1 atom stereocenters. The van der Waals surface area contributed by atoms with Crippen LogP contribution in [0.25, 0.3) is 0 Å². The van der Waals surface area contributed by atoms with Crippen LogP contribution in [0.5, 0.6) is 11.5 Å². The molecule has 0 aromatic heterocycles. The molecule has 1 aliphatic heterocycles. The van der Waals surface area contributed by atoms with Crippen molar-refractivity contribution in [2.75, 3.05) is 12.1 Å². The molecule has 146 valence electrons. The van der Waals surface area contributed by atoms with Gasteiger partial charge in [-0.2, -0.15) is 0 Å². The molecule has 3 rings (SSSR count). The monoisotopic (exact) mass is 384 g/mol. The topological polar surface area (TPSA) is 103 Å². The molecule has 2 N–H and O–H groups in total. The molecule has 0 aliphatic carbocycles. The standard InChI is InChI=1S/C20H20N2O6/c1-12(19(24)22-16-7-8-17-18(9-16)27-11-26-17)28-20(25)15-5-3-14(4-6-15)10-21-13(2)23/h3-9,12H,10-11H2,1-2H3,(H,21,23)(H,22,24). The minimum Gasteiger partial charge on any atom is -0.454 e. The minimum absolute atomic E-state index is 0.134. The second-order valence-corrected chi connectivity index (χ2v) is 6.21. The summed E-state index contributed by atoms with van der Waals surface area (Å²) in [7, 11) is 0. The van der Waals surface area contributed by atoms with E-state index in [-0.39, 0.29) is 12.7 Å². The molecule has 2 aromatic carbocycles. The lowest BCUT2D eigenvalue weighted by Crippen LogP contribution is -2.30. The van der Waals surface area contributed by atoms with Crippen molar-refractivity contribution in [3.05, 3.63) is 53.6 Å². The number of anilines is 1. The van der Waals surface area contributed by atoms with Crippen LogP contribution in [-0.4, -0.2) is 30.7 Å². The third-order valence-corrected chi connectivity index (χ3v) is 4.02. The van der Waals surface area contributed by atoms with E-state index in [0.29, 0.717) is 29.3 Å². The van der Waals surface area contributed by atoms with Gasteiger partial charge in [-0.15, -0.1) is 0 Å². The van der Waals surface area contributed by atoms with E-state index in [1.807, 2.05) is 0 Å². The molecular weight excluding hydrogens is 364 g/mol. The van der Waals surface area contributed by atoms with Crippen LogP contribution in [0.1, 0.15) is 29.8 Å². The average molecular weight is 384 g/mol. The molecule has 28 heavy (non-hydrogen) atoms. The number of benzene rings is 2. The zero-order chi connectivity index (χ0) is 20.1. The van der Waals surface area contributed by atoms with E-state index in [9.17, 15) is 14.4 Å². The van der Waals surface area contributed by atoms with Crippen LogP contribution in [0, 0.1) is 0 Å². The first-order chi connectivity index (χ1) is 13.4. The highest BCUT2D eigenvalue weighted by Crippen LogP contribution is 2.34. The second-order valence-electron chi connectivity index (χ2n) is 6.21. The SMILES string of the molecule is CC(=O)NCc1ccc(C(=O)OC(C)C(=O)Nc2ccc3c(c2)OCO3)cc1. The van der Waals surface area contributed by atoms with Crippen molar-refractivity contribution < 1.29 is 28.6 Å². The Balaban J connectivity index is 1.54. The first-order valence-corrected chi connectivity index (χ1v) is 8.67. The maximum atomic E-state index is 12.3. The summed E-state index contributed by atoms with van der Waals surface area (Å²) >= 11 is 0. The Labute approximate surface area is 161 Å². The number of esters is 1. The van der Waals surface area contributed by atoms with Crippen molar-refractivity contribution >= 4 is 23.5 Å². The maximum absolute atomic E-state index is 12.3. The number of fused-ring (bicyclic) bond motifs is 1. The van der Waals surface area contributed by atoms with Gasteiger partial charge in [0.2, 0.25) is 12.7 Å². The molecule has 0 radical (unpaired) electrons. The quantitative estimate of drug-likeness (QED) is 0.741. The predicted octanol–water partition coefficient (Wildman–Crippen LogP) is 2.24. The number of hydrogen-bond acceptors (Lipinski definition) is 6. The van der Waals surface area contributed by atoms with Gasteiger partial charge in [-0.05, 0) is 36.8 Å².